The minimum absolute atomic E-state index is 0. The number of hydrogen-bond acceptors (Lipinski definition) is 7. The molecular formula is C13H10LiN5O3. The first-order valence-corrected chi connectivity index (χ1v) is 6.58. The Kier molecular flexibility index (Phi) is 3.72. The summed E-state index contributed by atoms with van der Waals surface area (Å²) in [7, 11) is 0. The van der Waals surface area contributed by atoms with Gasteiger partial charge in [-0.2, -0.15) is 5.10 Å². The molecule has 0 saturated heterocycles. The standard InChI is InChI=1S/C13H11N5O3.Li/c19-13(20)12-16-15-11(21-12)5-8-6-18-10(14-8)4-3-9(17-18)7-1-2-7;/h3-4,6-7H,1-2,5H2,(H,19,20);/q;+1/p-1. The molecule has 3 aromatic rings. The van der Waals surface area contributed by atoms with Crippen LogP contribution in [-0.2, 0) is 6.42 Å². The van der Waals surface area contributed by atoms with E-state index in [2.05, 4.69) is 20.3 Å². The van der Waals surface area contributed by atoms with Gasteiger partial charge in [-0.3, -0.25) is 0 Å². The van der Waals surface area contributed by atoms with E-state index in [1.165, 1.54) is 12.8 Å². The van der Waals surface area contributed by atoms with Gasteiger partial charge in [0.15, 0.2) is 5.65 Å². The number of fused-ring (bicyclic) bond motifs is 1. The van der Waals surface area contributed by atoms with E-state index < -0.39 is 11.9 Å². The molecule has 0 spiro atoms. The van der Waals surface area contributed by atoms with Gasteiger partial charge < -0.3 is 14.3 Å². The van der Waals surface area contributed by atoms with Crippen LogP contribution in [0.2, 0.25) is 0 Å². The first-order valence-electron chi connectivity index (χ1n) is 6.58. The normalized spacial score (nSPS) is 14.0. The Balaban J connectivity index is 0.00000144. The van der Waals surface area contributed by atoms with Crippen molar-refractivity contribution in [1.82, 2.24) is 24.8 Å². The minimum atomic E-state index is -1.49. The predicted molar refractivity (Wildman–Crippen MR) is 66.4 cm³/mol. The van der Waals surface area contributed by atoms with Crippen LogP contribution in [0.5, 0.6) is 0 Å². The molecule has 106 valence electrons. The van der Waals surface area contributed by atoms with E-state index in [0.29, 0.717) is 11.6 Å². The second kappa shape index (κ2) is 5.55. The molecular weight excluding hydrogens is 281 g/mol. The quantitative estimate of drug-likeness (QED) is 0.470. The zero-order chi connectivity index (χ0) is 14.4. The Morgan fingerprint density at radius 3 is 2.86 bits per heavy atom. The Bertz CT molecular complexity index is 839. The number of aromatic carboxylic acids is 1. The molecule has 22 heavy (non-hydrogen) atoms. The molecule has 0 radical (unpaired) electrons. The molecule has 0 unspecified atom stereocenters. The Morgan fingerprint density at radius 2 is 2.18 bits per heavy atom. The third-order valence-corrected chi connectivity index (χ3v) is 3.36. The summed E-state index contributed by atoms with van der Waals surface area (Å²) in [6.07, 6.45) is 4.41. The average Bonchev–Trinajstić information content (AvgIpc) is 3.07. The third-order valence-electron chi connectivity index (χ3n) is 3.36. The van der Waals surface area contributed by atoms with Gasteiger partial charge in [-0.1, -0.05) is 0 Å². The molecule has 1 fully saturated rings. The van der Waals surface area contributed by atoms with Crippen LogP contribution in [0.1, 0.15) is 46.7 Å². The van der Waals surface area contributed by atoms with Crippen LogP contribution < -0.4 is 24.0 Å². The monoisotopic (exact) mass is 291 g/mol. The molecule has 3 aromatic heterocycles. The maximum atomic E-state index is 10.6. The van der Waals surface area contributed by atoms with E-state index >= 15 is 0 Å². The third kappa shape index (κ3) is 2.75. The van der Waals surface area contributed by atoms with Crippen molar-refractivity contribution in [2.24, 2.45) is 0 Å². The number of nitrogens with zero attached hydrogens (tertiary/aromatic N) is 5. The maximum absolute atomic E-state index is 10.6. The van der Waals surface area contributed by atoms with Gasteiger partial charge in [0.25, 0.3) is 5.89 Å². The van der Waals surface area contributed by atoms with Crippen molar-refractivity contribution in [2.75, 3.05) is 0 Å². The fourth-order valence-electron chi connectivity index (χ4n) is 2.19. The fourth-order valence-corrected chi connectivity index (χ4v) is 2.19. The largest absolute Gasteiger partial charge is 1.00 e. The smallest absolute Gasteiger partial charge is 0.540 e. The molecule has 0 N–H and O–H groups in total. The van der Waals surface area contributed by atoms with Gasteiger partial charge in [-0.25, -0.2) is 9.50 Å². The van der Waals surface area contributed by atoms with E-state index in [9.17, 15) is 9.90 Å². The molecule has 0 aliphatic heterocycles. The van der Waals surface area contributed by atoms with Gasteiger partial charge in [0.1, 0.15) is 5.97 Å². The second-order valence-electron chi connectivity index (χ2n) is 5.03. The molecule has 0 amide bonds. The summed E-state index contributed by atoms with van der Waals surface area (Å²) in [4.78, 5) is 15.0. The van der Waals surface area contributed by atoms with Crippen molar-refractivity contribution in [2.45, 2.75) is 25.2 Å². The number of carboxylic acids is 1. The molecule has 0 atom stereocenters. The summed E-state index contributed by atoms with van der Waals surface area (Å²) in [5, 5.41) is 22.1. The molecule has 1 aliphatic carbocycles. The van der Waals surface area contributed by atoms with E-state index in [-0.39, 0.29) is 31.2 Å². The van der Waals surface area contributed by atoms with E-state index in [1.54, 1.807) is 10.7 Å². The molecule has 8 nitrogen and oxygen atoms in total. The van der Waals surface area contributed by atoms with Crippen LogP contribution >= 0.6 is 0 Å². The number of carbonyl (C=O) groups excluding carboxylic acids is 1. The molecule has 1 saturated carbocycles. The number of hydrogen-bond donors (Lipinski definition) is 0. The molecule has 1 aliphatic rings. The van der Waals surface area contributed by atoms with Gasteiger partial charge in [-0.05, 0) is 25.0 Å². The second-order valence-corrected chi connectivity index (χ2v) is 5.03. The zero-order valence-electron chi connectivity index (χ0n) is 11.9. The van der Waals surface area contributed by atoms with Crippen molar-refractivity contribution < 1.29 is 33.2 Å². The number of imidazole rings is 1. The summed E-state index contributed by atoms with van der Waals surface area (Å²) in [6, 6.07) is 3.91. The summed E-state index contributed by atoms with van der Waals surface area (Å²) in [5.74, 6) is -1.26. The number of carboxylic acid groups (broad SMARTS) is 1. The number of carbonyl (C=O) groups is 1. The minimum Gasteiger partial charge on any atom is -0.540 e. The molecule has 0 bridgehead atoms. The Hall–Kier alpha value is -2.17. The van der Waals surface area contributed by atoms with Crippen molar-refractivity contribution >= 4 is 11.6 Å². The topological polar surface area (TPSA) is 109 Å². The molecule has 9 heteroatoms. The predicted octanol–water partition coefficient (Wildman–Crippen LogP) is -3.05. The first-order chi connectivity index (χ1) is 10.2. The summed E-state index contributed by atoms with van der Waals surface area (Å²) >= 11 is 0. The van der Waals surface area contributed by atoms with Gasteiger partial charge in [0, 0.05) is 5.92 Å². The van der Waals surface area contributed by atoms with E-state index in [1.807, 2.05) is 12.1 Å². The van der Waals surface area contributed by atoms with Crippen molar-refractivity contribution in [3.8, 4) is 0 Å². The zero-order valence-corrected chi connectivity index (χ0v) is 11.9. The molecule has 0 aromatic carbocycles. The molecule has 4 rings (SSSR count). The van der Waals surface area contributed by atoms with Crippen LogP contribution in [-0.4, -0.2) is 30.8 Å². The summed E-state index contributed by atoms with van der Waals surface area (Å²) in [5.41, 5.74) is 2.49. The Morgan fingerprint density at radius 1 is 1.36 bits per heavy atom. The molecule has 3 heterocycles. The van der Waals surface area contributed by atoms with Crippen LogP contribution in [0, 0.1) is 0 Å². The fraction of sp³-hybridized carbons (Fsp3) is 0.308. The van der Waals surface area contributed by atoms with Gasteiger partial charge >= 0.3 is 18.9 Å². The first kappa shape index (κ1) is 14.8. The summed E-state index contributed by atoms with van der Waals surface area (Å²) < 4.78 is 6.68. The van der Waals surface area contributed by atoms with Crippen LogP contribution in [0.25, 0.3) is 5.65 Å². The van der Waals surface area contributed by atoms with Crippen LogP contribution in [0.15, 0.2) is 22.7 Å². The average molecular weight is 291 g/mol. The maximum Gasteiger partial charge on any atom is 1.00 e. The van der Waals surface area contributed by atoms with Crippen LogP contribution in [0.3, 0.4) is 0 Å². The van der Waals surface area contributed by atoms with Crippen molar-refractivity contribution in [3.63, 3.8) is 0 Å². The van der Waals surface area contributed by atoms with Gasteiger partial charge in [0.2, 0.25) is 5.89 Å². The van der Waals surface area contributed by atoms with Crippen molar-refractivity contribution in [1.29, 1.82) is 0 Å². The van der Waals surface area contributed by atoms with E-state index in [4.69, 9.17) is 4.42 Å². The SMILES string of the molecule is O=C([O-])c1nnc(Cc2cn3nc(C4CC4)ccc3n2)o1.[Li+]. The Labute approximate surface area is 136 Å². The van der Waals surface area contributed by atoms with Gasteiger partial charge in [-0.15, -0.1) is 10.2 Å². The van der Waals surface area contributed by atoms with Crippen LogP contribution in [0.4, 0.5) is 0 Å². The van der Waals surface area contributed by atoms with Gasteiger partial charge in [0.05, 0.1) is 24.0 Å². The number of aromatic nitrogens is 5. The van der Waals surface area contributed by atoms with E-state index in [0.717, 1.165) is 11.3 Å². The number of rotatable bonds is 4. The summed E-state index contributed by atoms with van der Waals surface area (Å²) in [6.45, 7) is 0. The van der Waals surface area contributed by atoms with Crippen molar-refractivity contribution in [3.05, 3.63) is 41.5 Å².